The Balaban J connectivity index is 1.86. The van der Waals surface area contributed by atoms with E-state index >= 15 is 0 Å². The molecule has 2 N–H and O–H groups in total. The summed E-state index contributed by atoms with van der Waals surface area (Å²) in [4.78, 5) is 0. The van der Waals surface area contributed by atoms with Crippen LogP contribution >= 0.6 is 12.2 Å². The van der Waals surface area contributed by atoms with E-state index in [-0.39, 0.29) is 16.6 Å². The Bertz CT molecular complexity index is 895. The SMILES string of the molecule is CCC(C)(C)c1ccc(OCCCCNC(=S)Nc2cccc(F)c2)c(C(C)(C)CC)c1. The Morgan fingerprint density at radius 1 is 0.969 bits per heavy atom. The van der Waals surface area contributed by atoms with Crippen LogP contribution in [0.5, 0.6) is 5.75 Å². The van der Waals surface area contributed by atoms with Gasteiger partial charge in [-0.05, 0) is 78.6 Å². The first-order chi connectivity index (χ1) is 15.1. The molecule has 32 heavy (non-hydrogen) atoms. The largest absolute Gasteiger partial charge is 0.493 e. The van der Waals surface area contributed by atoms with Gasteiger partial charge in [0.05, 0.1) is 6.61 Å². The molecule has 0 bridgehead atoms. The van der Waals surface area contributed by atoms with Crippen molar-refractivity contribution in [2.24, 2.45) is 0 Å². The molecule has 3 nitrogen and oxygen atoms in total. The third-order valence-electron chi connectivity index (χ3n) is 6.45. The van der Waals surface area contributed by atoms with Crippen LogP contribution in [0.1, 0.15) is 78.4 Å². The zero-order chi connectivity index (χ0) is 23.8. The van der Waals surface area contributed by atoms with Gasteiger partial charge in [0.25, 0.3) is 0 Å². The Labute approximate surface area is 199 Å². The summed E-state index contributed by atoms with van der Waals surface area (Å²) in [5.41, 5.74) is 3.52. The summed E-state index contributed by atoms with van der Waals surface area (Å²) >= 11 is 5.28. The smallest absolute Gasteiger partial charge is 0.170 e. The van der Waals surface area contributed by atoms with E-state index in [9.17, 15) is 4.39 Å². The average molecular weight is 459 g/mol. The van der Waals surface area contributed by atoms with Gasteiger partial charge in [-0.2, -0.15) is 0 Å². The fourth-order valence-corrected chi connectivity index (χ4v) is 3.57. The number of thiocarbonyl (C=S) groups is 1. The van der Waals surface area contributed by atoms with Crippen LogP contribution in [0.3, 0.4) is 0 Å². The Morgan fingerprint density at radius 2 is 1.69 bits per heavy atom. The number of hydrogen-bond donors (Lipinski definition) is 2. The quantitative estimate of drug-likeness (QED) is 0.272. The van der Waals surface area contributed by atoms with Crippen molar-refractivity contribution in [3.63, 3.8) is 0 Å². The molecule has 0 spiro atoms. The maximum atomic E-state index is 13.3. The van der Waals surface area contributed by atoms with Gasteiger partial charge in [-0.25, -0.2) is 4.39 Å². The summed E-state index contributed by atoms with van der Waals surface area (Å²) in [6.07, 6.45) is 4.00. The molecule has 0 aliphatic rings. The van der Waals surface area contributed by atoms with E-state index in [0.717, 1.165) is 38.0 Å². The van der Waals surface area contributed by atoms with E-state index < -0.39 is 0 Å². The van der Waals surface area contributed by atoms with Crippen LogP contribution in [0.25, 0.3) is 0 Å². The molecule has 0 saturated carbocycles. The van der Waals surface area contributed by atoms with Crippen LogP contribution in [-0.2, 0) is 10.8 Å². The molecule has 0 saturated heterocycles. The van der Waals surface area contributed by atoms with E-state index in [4.69, 9.17) is 17.0 Å². The molecular formula is C27H39FN2OS. The van der Waals surface area contributed by atoms with Gasteiger partial charge in [0.1, 0.15) is 11.6 Å². The molecule has 0 heterocycles. The highest BCUT2D eigenvalue weighted by molar-refractivity contribution is 7.80. The van der Waals surface area contributed by atoms with Crippen molar-refractivity contribution in [1.82, 2.24) is 5.32 Å². The van der Waals surface area contributed by atoms with E-state index in [1.165, 1.54) is 23.3 Å². The predicted molar refractivity (Wildman–Crippen MR) is 138 cm³/mol. The van der Waals surface area contributed by atoms with Crippen LogP contribution in [0.4, 0.5) is 10.1 Å². The van der Waals surface area contributed by atoms with Crippen molar-refractivity contribution >= 4 is 23.0 Å². The lowest BCUT2D eigenvalue weighted by Crippen LogP contribution is -2.29. The lowest BCUT2D eigenvalue weighted by Gasteiger charge is -2.30. The van der Waals surface area contributed by atoms with E-state index in [1.807, 2.05) is 0 Å². The second-order valence-electron chi connectivity index (χ2n) is 9.63. The minimum absolute atomic E-state index is 0.0610. The van der Waals surface area contributed by atoms with Crippen molar-refractivity contribution < 1.29 is 9.13 Å². The first-order valence-corrected chi connectivity index (χ1v) is 12.1. The first-order valence-electron chi connectivity index (χ1n) is 11.7. The van der Waals surface area contributed by atoms with Crippen LogP contribution in [-0.4, -0.2) is 18.3 Å². The Hall–Kier alpha value is -2.14. The highest BCUT2D eigenvalue weighted by Crippen LogP contribution is 2.38. The summed E-state index contributed by atoms with van der Waals surface area (Å²) in [7, 11) is 0. The van der Waals surface area contributed by atoms with Gasteiger partial charge in [-0.3, -0.25) is 0 Å². The molecule has 0 aliphatic carbocycles. The van der Waals surface area contributed by atoms with Crippen molar-refractivity contribution in [3.8, 4) is 5.75 Å². The Kier molecular flexibility index (Phi) is 9.50. The van der Waals surface area contributed by atoms with E-state index in [0.29, 0.717) is 17.4 Å². The lowest BCUT2D eigenvalue weighted by molar-refractivity contribution is 0.296. The van der Waals surface area contributed by atoms with Crippen LogP contribution in [0, 0.1) is 5.82 Å². The summed E-state index contributed by atoms with van der Waals surface area (Å²) in [5.74, 6) is 0.704. The fourth-order valence-electron chi connectivity index (χ4n) is 3.35. The van der Waals surface area contributed by atoms with Crippen LogP contribution in [0.2, 0.25) is 0 Å². The number of anilines is 1. The van der Waals surface area contributed by atoms with Gasteiger partial charge >= 0.3 is 0 Å². The first kappa shape index (κ1) is 26.1. The standard InChI is InChI=1S/C27H39FN2OS/c1-7-26(3,4)20-14-15-24(23(18-20)27(5,6)8-2)31-17-10-9-16-29-25(32)30-22-13-11-12-21(28)19-22/h11-15,18-19H,7-10,16-17H2,1-6H3,(H2,29,30,32). The minimum Gasteiger partial charge on any atom is -0.493 e. The number of hydrogen-bond acceptors (Lipinski definition) is 2. The van der Waals surface area contributed by atoms with Crippen molar-refractivity contribution in [2.45, 2.75) is 78.1 Å². The molecule has 0 aromatic heterocycles. The Morgan fingerprint density at radius 3 is 2.34 bits per heavy atom. The summed E-state index contributed by atoms with van der Waals surface area (Å²) in [6, 6.07) is 13.0. The molecule has 176 valence electrons. The van der Waals surface area contributed by atoms with Crippen molar-refractivity contribution in [1.29, 1.82) is 0 Å². The molecule has 0 fully saturated rings. The summed E-state index contributed by atoms with van der Waals surface area (Å²) < 4.78 is 19.5. The number of halogens is 1. The second-order valence-corrected chi connectivity index (χ2v) is 10.0. The van der Waals surface area contributed by atoms with E-state index in [1.54, 1.807) is 12.1 Å². The lowest BCUT2D eigenvalue weighted by atomic mass is 9.76. The molecule has 2 rings (SSSR count). The monoisotopic (exact) mass is 458 g/mol. The summed E-state index contributed by atoms with van der Waals surface area (Å²) in [5, 5.41) is 6.67. The third-order valence-corrected chi connectivity index (χ3v) is 6.70. The molecule has 0 amide bonds. The molecule has 5 heteroatoms. The minimum atomic E-state index is -0.285. The second kappa shape index (κ2) is 11.6. The average Bonchev–Trinajstić information content (AvgIpc) is 2.76. The van der Waals surface area contributed by atoms with Crippen molar-refractivity contribution in [3.05, 3.63) is 59.4 Å². The van der Waals surface area contributed by atoms with Gasteiger partial charge in [0.15, 0.2) is 5.11 Å². The highest BCUT2D eigenvalue weighted by atomic mass is 32.1. The van der Waals surface area contributed by atoms with E-state index in [2.05, 4.69) is 70.4 Å². The zero-order valence-electron chi connectivity index (χ0n) is 20.5. The zero-order valence-corrected chi connectivity index (χ0v) is 21.3. The van der Waals surface area contributed by atoms with Gasteiger partial charge in [0.2, 0.25) is 0 Å². The maximum Gasteiger partial charge on any atom is 0.170 e. The molecule has 2 aromatic rings. The van der Waals surface area contributed by atoms with Crippen LogP contribution < -0.4 is 15.4 Å². The summed E-state index contributed by atoms with van der Waals surface area (Å²) in [6.45, 7) is 15.0. The van der Waals surface area contributed by atoms with Gasteiger partial charge in [-0.1, -0.05) is 59.7 Å². The number of benzene rings is 2. The van der Waals surface area contributed by atoms with Crippen LogP contribution in [0.15, 0.2) is 42.5 Å². The number of ether oxygens (including phenoxy) is 1. The number of unbranched alkanes of at least 4 members (excludes halogenated alkanes) is 1. The van der Waals surface area contributed by atoms with Gasteiger partial charge in [0, 0.05) is 17.8 Å². The molecule has 0 atom stereocenters. The predicted octanol–water partition coefficient (Wildman–Crippen LogP) is 7.35. The topological polar surface area (TPSA) is 33.3 Å². The highest BCUT2D eigenvalue weighted by Gasteiger charge is 2.26. The number of rotatable bonds is 11. The van der Waals surface area contributed by atoms with Gasteiger partial charge in [-0.15, -0.1) is 0 Å². The molecule has 0 radical (unpaired) electrons. The van der Waals surface area contributed by atoms with Gasteiger partial charge < -0.3 is 15.4 Å². The normalized spacial score (nSPS) is 11.8. The molecule has 0 unspecified atom stereocenters. The fraction of sp³-hybridized carbons (Fsp3) is 0.519. The molecule has 2 aromatic carbocycles. The number of nitrogens with one attached hydrogen (secondary N) is 2. The maximum absolute atomic E-state index is 13.3. The molecule has 0 aliphatic heterocycles. The third kappa shape index (κ3) is 7.47. The van der Waals surface area contributed by atoms with Crippen molar-refractivity contribution in [2.75, 3.05) is 18.5 Å². The molecular weight excluding hydrogens is 419 g/mol.